The Morgan fingerprint density at radius 2 is 2.06 bits per heavy atom. The van der Waals surface area contributed by atoms with Gasteiger partial charge in [0, 0.05) is 18.8 Å². The Kier molecular flexibility index (Phi) is 8.24. The molecule has 1 aliphatic heterocycles. The minimum atomic E-state index is -0.927. The van der Waals surface area contributed by atoms with Gasteiger partial charge in [-0.3, -0.25) is 10.1 Å². The molecule has 2 aromatic heterocycles. The van der Waals surface area contributed by atoms with Gasteiger partial charge in [-0.15, -0.1) is 0 Å². The van der Waals surface area contributed by atoms with E-state index in [4.69, 9.17) is 27.9 Å². The van der Waals surface area contributed by atoms with Gasteiger partial charge in [0.1, 0.15) is 11.5 Å². The van der Waals surface area contributed by atoms with E-state index in [1.54, 1.807) is 18.7 Å². The Bertz CT molecular complexity index is 1090. The number of halogens is 2. The van der Waals surface area contributed by atoms with Crippen molar-refractivity contribution in [2.45, 2.75) is 32.4 Å². The second kappa shape index (κ2) is 10.9. The number of piperidine rings is 1. The molecule has 0 aromatic carbocycles. The summed E-state index contributed by atoms with van der Waals surface area (Å²) in [5, 5.41) is 16.3. The number of aromatic amines is 1. The number of β-amino-alcohol motifs (C(OH)–C–C–N with tert-alkyl or cyclic N) is 1. The lowest BCUT2D eigenvalue weighted by atomic mass is 10.0. The van der Waals surface area contributed by atoms with E-state index < -0.39 is 30.1 Å². The van der Waals surface area contributed by atoms with Crippen molar-refractivity contribution in [3.05, 3.63) is 39.3 Å². The van der Waals surface area contributed by atoms with E-state index in [2.05, 4.69) is 25.3 Å². The number of carbonyl (C=O) groups excluding carboxylic acids is 3. The maximum Gasteiger partial charge on any atom is 0.411 e. The van der Waals surface area contributed by atoms with Gasteiger partial charge in [0.2, 0.25) is 0 Å². The Hall–Kier alpha value is -3.02. The van der Waals surface area contributed by atoms with Crippen LogP contribution in [0, 0.1) is 6.92 Å². The average Bonchev–Trinajstić information content (AvgIpc) is 3.08. The van der Waals surface area contributed by atoms with E-state index in [0.29, 0.717) is 24.5 Å². The maximum absolute atomic E-state index is 12.6. The highest BCUT2D eigenvalue weighted by Crippen LogP contribution is 2.29. The molecule has 1 fully saturated rings. The minimum absolute atomic E-state index is 0.0933. The first-order valence-corrected chi connectivity index (χ1v) is 11.2. The summed E-state index contributed by atoms with van der Waals surface area (Å²) in [5.41, 5.74) is 0.929. The predicted molar refractivity (Wildman–Crippen MR) is 126 cm³/mol. The summed E-state index contributed by atoms with van der Waals surface area (Å²) in [6.45, 7) is 4.08. The number of ether oxygens (including phenoxy) is 2. The second-order valence-electron chi connectivity index (χ2n) is 7.56. The Morgan fingerprint density at radius 1 is 1.32 bits per heavy atom. The van der Waals surface area contributed by atoms with Crippen LogP contribution in [0.15, 0.2) is 12.3 Å². The van der Waals surface area contributed by atoms with Gasteiger partial charge in [0.25, 0.3) is 5.91 Å². The van der Waals surface area contributed by atoms with Crippen LogP contribution in [-0.4, -0.2) is 72.0 Å². The zero-order valence-electron chi connectivity index (χ0n) is 18.8. The van der Waals surface area contributed by atoms with Gasteiger partial charge >= 0.3 is 12.1 Å². The van der Waals surface area contributed by atoms with Crippen LogP contribution in [0.3, 0.4) is 0 Å². The molecule has 4 N–H and O–H groups in total. The quantitative estimate of drug-likeness (QED) is 0.431. The Balaban J connectivity index is 1.73. The van der Waals surface area contributed by atoms with Crippen molar-refractivity contribution in [3.8, 4) is 0 Å². The molecular weight excluding hydrogens is 489 g/mol. The first-order chi connectivity index (χ1) is 16.2. The first-order valence-electron chi connectivity index (χ1n) is 10.5. The molecular formula is C21H25Cl2N5O6. The van der Waals surface area contributed by atoms with Gasteiger partial charge in [-0.1, -0.05) is 23.2 Å². The molecule has 1 saturated heterocycles. The molecule has 13 heteroatoms. The van der Waals surface area contributed by atoms with Crippen molar-refractivity contribution < 1.29 is 29.0 Å². The molecule has 1 aliphatic rings. The number of H-pyrrole nitrogens is 1. The molecule has 184 valence electrons. The molecule has 2 amide bonds. The van der Waals surface area contributed by atoms with Crippen LogP contribution in [0.2, 0.25) is 10.0 Å². The largest absolute Gasteiger partial charge is 0.462 e. The molecule has 0 saturated carbocycles. The van der Waals surface area contributed by atoms with Crippen LogP contribution < -0.4 is 15.5 Å². The van der Waals surface area contributed by atoms with Crippen molar-refractivity contribution in [2.75, 3.05) is 37.0 Å². The normalized spacial score (nSPS) is 17.8. The predicted octanol–water partition coefficient (Wildman–Crippen LogP) is 2.75. The number of hydrogen-bond donors (Lipinski definition) is 4. The smallest absolute Gasteiger partial charge is 0.411 e. The lowest BCUT2D eigenvalue weighted by molar-refractivity contribution is 0.0527. The van der Waals surface area contributed by atoms with Crippen molar-refractivity contribution in [3.63, 3.8) is 0 Å². The third-order valence-corrected chi connectivity index (χ3v) is 6.26. The number of rotatable bonds is 6. The number of anilines is 2. The molecule has 0 spiro atoms. The number of aromatic nitrogens is 2. The van der Waals surface area contributed by atoms with E-state index in [9.17, 15) is 19.5 Å². The number of carbonyl (C=O) groups is 3. The van der Waals surface area contributed by atoms with Crippen molar-refractivity contribution >= 4 is 52.7 Å². The van der Waals surface area contributed by atoms with Gasteiger partial charge < -0.3 is 29.8 Å². The lowest BCUT2D eigenvalue weighted by Gasteiger charge is -2.37. The van der Waals surface area contributed by atoms with Crippen molar-refractivity contribution in [1.29, 1.82) is 0 Å². The van der Waals surface area contributed by atoms with Crippen molar-refractivity contribution in [2.24, 2.45) is 0 Å². The van der Waals surface area contributed by atoms with Gasteiger partial charge in [0.05, 0.1) is 53.4 Å². The molecule has 0 aliphatic carbocycles. The average molecular weight is 514 g/mol. The molecule has 2 unspecified atom stereocenters. The number of aliphatic hydroxyl groups excluding tert-OH is 1. The molecule has 0 radical (unpaired) electrons. The third kappa shape index (κ3) is 5.54. The highest BCUT2D eigenvalue weighted by Gasteiger charge is 2.31. The van der Waals surface area contributed by atoms with Crippen LogP contribution in [0.5, 0.6) is 0 Å². The standard InChI is InChI=1S/C21H25Cl2N5O6/c1-4-34-20(31)11-7-15(24-8-13(11)27-21(32)33-3)28-6-5-12(14(29)9-28)26-19(30)18-17(23)16(22)10(2)25-18/h7-8,12,14,25,29H,4-6,9H2,1-3H3,(H,26,30)(H,27,32). The van der Waals surface area contributed by atoms with Crippen LogP contribution in [0.1, 0.15) is 39.9 Å². The van der Waals surface area contributed by atoms with Crippen LogP contribution in [-0.2, 0) is 9.47 Å². The zero-order valence-corrected chi connectivity index (χ0v) is 20.3. The number of nitrogens with zero attached hydrogens (tertiary/aromatic N) is 2. The van der Waals surface area contributed by atoms with E-state index in [1.807, 2.05) is 0 Å². The highest BCUT2D eigenvalue weighted by molar-refractivity contribution is 6.44. The van der Waals surface area contributed by atoms with Crippen LogP contribution in [0.4, 0.5) is 16.3 Å². The fourth-order valence-electron chi connectivity index (χ4n) is 3.53. The Morgan fingerprint density at radius 3 is 2.65 bits per heavy atom. The number of aliphatic hydroxyl groups is 1. The summed E-state index contributed by atoms with van der Waals surface area (Å²) in [6, 6.07) is 0.935. The SMILES string of the molecule is CCOC(=O)c1cc(N2CCC(NC(=O)c3[nH]c(C)c(Cl)c3Cl)C(O)C2)ncc1NC(=O)OC. The molecule has 0 bridgehead atoms. The van der Waals surface area contributed by atoms with Gasteiger partial charge in [0.15, 0.2) is 0 Å². The third-order valence-electron chi connectivity index (χ3n) is 5.31. The van der Waals surface area contributed by atoms with Crippen LogP contribution >= 0.6 is 23.2 Å². The number of esters is 1. The summed E-state index contributed by atoms with van der Waals surface area (Å²) in [7, 11) is 1.20. The zero-order chi connectivity index (χ0) is 25.0. The minimum Gasteiger partial charge on any atom is -0.462 e. The van der Waals surface area contributed by atoms with E-state index >= 15 is 0 Å². The second-order valence-corrected chi connectivity index (χ2v) is 8.32. The summed E-state index contributed by atoms with van der Waals surface area (Å²) >= 11 is 12.1. The van der Waals surface area contributed by atoms with Gasteiger partial charge in [-0.05, 0) is 26.3 Å². The molecule has 3 heterocycles. The summed E-state index contributed by atoms with van der Waals surface area (Å²) in [6.07, 6.45) is 0.0312. The van der Waals surface area contributed by atoms with Crippen LogP contribution in [0.25, 0.3) is 0 Å². The lowest BCUT2D eigenvalue weighted by Crippen LogP contribution is -2.54. The topological polar surface area (TPSA) is 146 Å². The number of hydrogen-bond acceptors (Lipinski definition) is 8. The van der Waals surface area contributed by atoms with Gasteiger partial charge in [-0.25, -0.2) is 14.6 Å². The molecule has 11 nitrogen and oxygen atoms in total. The van der Waals surface area contributed by atoms with E-state index in [0.717, 1.165) is 0 Å². The summed E-state index contributed by atoms with van der Waals surface area (Å²) < 4.78 is 9.65. The highest BCUT2D eigenvalue weighted by atomic mass is 35.5. The molecule has 34 heavy (non-hydrogen) atoms. The molecule has 3 rings (SSSR count). The van der Waals surface area contributed by atoms with Gasteiger partial charge in [-0.2, -0.15) is 0 Å². The van der Waals surface area contributed by atoms with E-state index in [1.165, 1.54) is 19.4 Å². The maximum atomic E-state index is 12.6. The van der Waals surface area contributed by atoms with Crippen molar-refractivity contribution in [1.82, 2.24) is 15.3 Å². The number of nitrogens with one attached hydrogen (secondary N) is 3. The number of methoxy groups -OCH3 is 1. The molecule has 2 aromatic rings. The molecule has 2 atom stereocenters. The van der Waals surface area contributed by atoms with E-state index in [-0.39, 0.29) is 40.1 Å². The Labute approximate surface area is 205 Å². The monoisotopic (exact) mass is 513 g/mol. The number of amides is 2. The fourth-order valence-corrected chi connectivity index (χ4v) is 3.95. The summed E-state index contributed by atoms with van der Waals surface area (Å²) in [4.78, 5) is 45.5. The first kappa shape index (κ1) is 25.6. The summed E-state index contributed by atoms with van der Waals surface area (Å²) in [5.74, 6) is -0.715. The number of aryl methyl sites for hydroxylation is 1. The fraction of sp³-hybridized carbons (Fsp3) is 0.429. The number of pyridine rings is 1.